The van der Waals surface area contributed by atoms with E-state index in [1.54, 1.807) is 18.5 Å². The van der Waals surface area contributed by atoms with Crippen molar-refractivity contribution in [2.24, 2.45) is 11.7 Å². The van der Waals surface area contributed by atoms with Crippen molar-refractivity contribution in [3.8, 4) is 0 Å². The number of anilines is 1. The molecule has 1 aromatic rings. The number of amidine groups is 1. The lowest BCUT2D eigenvalue weighted by Crippen LogP contribution is -2.24. The number of nitrogen functional groups attached to an aromatic ring is 1. The lowest BCUT2D eigenvalue weighted by atomic mass is 10.1. The van der Waals surface area contributed by atoms with Gasteiger partial charge in [0, 0.05) is 31.5 Å². The van der Waals surface area contributed by atoms with Gasteiger partial charge in [0.25, 0.3) is 0 Å². The minimum atomic E-state index is 0.0769. The van der Waals surface area contributed by atoms with Crippen molar-refractivity contribution in [2.45, 2.75) is 12.8 Å². The Morgan fingerprint density at radius 1 is 1.65 bits per heavy atom. The maximum atomic E-state index is 8.94. The van der Waals surface area contributed by atoms with Gasteiger partial charge in [-0.3, -0.25) is 10.4 Å². The van der Waals surface area contributed by atoms with Crippen LogP contribution in [0, 0.1) is 11.3 Å². The van der Waals surface area contributed by atoms with Crippen LogP contribution in [-0.2, 0) is 0 Å². The molecule has 0 amide bonds. The van der Waals surface area contributed by atoms with Crippen LogP contribution < -0.4 is 10.6 Å². The second kappa shape index (κ2) is 5.14. The number of nitrogens with zero attached hydrogens (tertiary/aromatic N) is 2. The van der Waals surface area contributed by atoms with Crippen LogP contribution in [0.3, 0.4) is 0 Å². The highest BCUT2D eigenvalue weighted by atomic mass is 16.3. The molecule has 5 nitrogen and oxygen atoms in total. The predicted octanol–water partition coefficient (Wildman–Crippen LogP) is 0.574. The summed E-state index contributed by atoms with van der Waals surface area (Å²) in [7, 11) is 0. The summed E-state index contributed by atoms with van der Waals surface area (Å²) in [4.78, 5) is 6.30. The van der Waals surface area contributed by atoms with E-state index in [0.29, 0.717) is 5.92 Å². The number of hydrogen-bond donors (Lipinski definition) is 3. The molecule has 17 heavy (non-hydrogen) atoms. The molecule has 0 spiro atoms. The maximum Gasteiger partial charge on any atom is 0.125 e. The van der Waals surface area contributed by atoms with E-state index in [-0.39, 0.29) is 12.4 Å². The topological polar surface area (TPSA) is 86.2 Å². The first-order chi connectivity index (χ1) is 8.22. The Bertz CT molecular complexity index is 407. The van der Waals surface area contributed by atoms with Gasteiger partial charge in [0.2, 0.25) is 0 Å². The smallest absolute Gasteiger partial charge is 0.125 e. The second-order valence-corrected chi connectivity index (χ2v) is 4.42. The Hall–Kier alpha value is -1.62. The van der Waals surface area contributed by atoms with Gasteiger partial charge in [0.1, 0.15) is 5.84 Å². The van der Waals surface area contributed by atoms with E-state index in [0.717, 1.165) is 37.2 Å². The van der Waals surface area contributed by atoms with E-state index in [9.17, 15) is 0 Å². The van der Waals surface area contributed by atoms with E-state index < -0.39 is 0 Å². The van der Waals surface area contributed by atoms with E-state index in [1.807, 2.05) is 0 Å². The summed E-state index contributed by atoms with van der Waals surface area (Å²) in [5.74, 6) is 0.605. The van der Waals surface area contributed by atoms with Crippen molar-refractivity contribution in [1.29, 1.82) is 5.41 Å². The van der Waals surface area contributed by atoms with Gasteiger partial charge in [-0.15, -0.1) is 0 Å². The molecule has 0 saturated carbocycles. The fraction of sp³-hybridized carbons (Fsp3) is 0.500. The van der Waals surface area contributed by atoms with Gasteiger partial charge in [-0.2, -0.15) is 0 Å². The number of nitrogens with one attached hydrogen (secondary N) is 1. The van der Waals surface area contributed by atoms with Gasteiger partial charge in [0.15, 0.2) is 0 Å². The largest absolute Gasteiger partial charge is 0.396 e. The Morgan fingerprint density at radius 2 is 2.47 bits per heavy atom. The standard InChI is InChI=1S/C12H18N4O/c13-12(14)10-1-4-15-7-11(10)16-5-2-9(8-16)3-6-17/h1,4,7,9,17H,2-3,5-6,8H2,(H3,13,14). The van der Waals surface area contributed by atoms with Gasteiger partial charge in [-0.1, -0.05) is 0 Å². The Kier molecular flexibility index (Phi) is 3.58. The van der Waals surface area contributed by atoms with Gasteiger partial charge in [-0.05, 0) is 24.8 Å². The van der Waals surface area contributed by atoms with Gasteiger partial charge in [0.05, 0.1) is 11.9 Å². The highest BCUT2D eigenvalue weighted by Crippen LogP contribution is 2.27. The molecule has 0 bridgehead atoms. The lowest BCUT2D eigenvalue weighted by molar-refractivity contribution is 0.263. The van der Waals surface area contributed by atoms with Crippen LogP contribution >= 0.6 is 0 Å². The first-order valence-electron chi connectivity index (χ1n) is 5.86. The Balaban J connectivity index is 2.16. The molecule has 0 radical (unpaired) electrons. The van der Waals surface area contributed by atoms with E-state index in [2.05, 4.69) is 9.88 Å². The summed E-state index contributed by atoms with van der Waals surface area (Å²) in [6.45, 7) is 2.09. The van der Waals surface area contributed by atoms with Crippen molar-refractivity contribution in [1.82, 2.24) is 4.98 Å². The number of nitrogens with two attached hydrogens (primary N) is 1. The van der Waals surface area contributed by atoms with Crippen LogP contribution in [0.15, 0.2) is 18.5 Å². The molecule has 1 atom stereocenters. The lowest BCUT2D eigenvalue weighted by Gasteiger charge is -2.21. The Labute approximate surface area is 101 Å². The molecule has 0 aliphatic carbocycles. The molecule has 92 valence electrons. The van der Waals surface area contributed by atoms with Crippen molar-refractivity contribution < 1.29 is 5.11 Å². The molecular weight excluding hydrogens is 216 g/mol. The molecule has 1 aliphatic heterocycles. The second-order valence-electron chi connectivity index (χ2n) is 4.42. The molecule has 0 aromatic carbocycles. The van der Waals surface area contributed by atoms with Crippen LogP contribution in [0.4, 0.5) is 5.69 Å². The molecule has 2 rings (SSSR count). The molecule has 1 fully saturated rings. The summed E-state index contributed by atoms with van der Waals surface area (Å²) >= 11 is 0. The third-order valence-electron chi connectivity index (χ3n) is 3.25. The molecule has 5 heteroatoms. The van der Waals surface area contributed by atoms with Crippen LogP contribution in [0.2, 0.25) is 0 Å². The summed E-state index contributed by atoms with van der Waals surface area (Å²) in [5.41, 5.74) is 7.24. The Morgan fingerprint density at radius 3 is 3.18 bits per heavy atom. The van der Waals surface area contributed by atoms with Crippen LogP contribution in [-0.4, -0.2) is 35.6 Å². The minimum Gasteiger partial charge on any atom is -0.396 e. The number of aromatic nitrogens is 1. The quantitative estimate of drug-likeness (QED) is 0.525. The zero-order valence-electron chi connectivity index (χ0n) is 9.76. The summed E-state index contributed by atoms with van der Waals surface area (Å²) in [6, 6.07) is 1.77. The molecule has 2 heterocycles. The monoisotopic (exact) mass is 234 g/mol. The third-order valence-corrected chi connectivity index (χ3v) is 3.25. The predicted molar refractivity (Wildman–Crippen MR) is 67.3 cm³/mol. The van der Waals surface area contributed by atoms with Crippen molar-refractivity contribution in [2.75, 3.05) is 24.6 Å². The summed E-state index contributed by atoms with van der Waals surface area (Å²) < 4.78 is 0. The van der Waals surface area contributed by atoms with Crippen LogP contribution in [0.5, 0.6) is 0 Å². The molecule has 1 unspecified atom stereocenters. The molecular formula is C12H18N4O. The van der Waals surface area contributed by atoms with Crippen molar-refractivity contribution in [3.05, 3.63) is 24.0 Å². The molecule has 1 aliphatic rings. The van der Waals surface area contributed by atoms with Gasteiger partial charge >= 0.3 is 0 Å². The van der Waals surface area contributed by atoms with E-state index in [1.165, 1.54) is 0 Å². The zero-order chi connectivity index (χ0) is 12.3. The SMILES string of the molecule is N=C(N)c1ccncc1N1CCC(CCO)C1. The van der Waals surface area contributed by atoms with Gasteiger partial charge < -0.3 is 15.7 Å². The third kappa shape index (κ3) is 2.55. The number of pyridine rings is 1. The highest BCUT2D eigenvalue weighted by Gasteiger charge is 2.24. The minimum absolute atomic E-state index is 0.0769. The maximum absolute atomic E-state index is 8.94. The van der Waals surface area contributed by atoms with Crippen LogP contribution in [0.1, 0.15) is 18.4 Å². The molecule has 1 aromatic heterocycles. The fourth-order valence-electron chi connectivity index (χ4n) is 2.34. The summed E-state index contributed by atoms with van der Waals surface area (Å²) in [5, 5.41) is 16.5. The normalized spacial score (nSPS) is 19.6. The average molecular weight is 234 g/mol. The average Bonchev–Trinajstić information content (AvgIpc) is 2.78. The summed E-state index contributed by atoms with van der Waals surface area (Å²) in [6.07, 6.45) is 5.33. The number of hydrogen-bond acceptors (Lipinski definition) is 4. The van der Waals surface area contributed by atoms with Gasteiger partial charge in [-0.25, -0.2) is 0 Å². The number of aliphatic hydroxyl groups excluding tert-OH is 1. The molecule has 1 saturated heterocycles. The zero-order valence-corrected chi connectivity index (χ0v) is 9.76. The van der Waals surface area contributed by atoms with Crippen LogP contribution in [0.25, 0.3) is 0 Å². The molecule has 4 N–H and O–H groups in total. The number of aliphatic hydroxyl groups is 1. The highest BCUT2D eigenvalue weighted by molar-refractivity contribution is 6.00. The first kappa shape index (κ1) is 11.9. The van der Waals surface area contributed by atoms with E-state index in [4.69, 9.17) is 16.2 Å². The first-order valence-corrected chi connectivity index (χ1v) is 5.86. The number of rotatable bonds is 4. The van der Waals surface area contributed by atoms with Crippen molar-refractivity contribution >= 4 is 11.5 Å². The van der Waals surface area contributed by atoms with Crippen molar-refractivity contribution in [3.63, 3.8) is 0 Å². The van der Waals surface area contributed by atoms with E-state index >= 15 is 0 Å². The fourth-order valence-corrected chi connectivity index (χ4v) is 2.34.